The van der Waals surface area contributed by atoms with Crippen molar-refractivity contribution in [2.75, 3.05) is 0 Å². The lowest BCUT2D eigenvalue weighted by Crippen LogP contribution is -2.11. The van der Waals surface area contributed by atoms with Gasteiger partial charge in [0.2, 0.25) is 0 Å². The van der Waals surface area contributed by atoms with Gasteiger partial charge >= 0.3 is 0 Å². The second-order valence-electron chi connectivity index (χ2n) is 5.18. The minimum Gasteiger partial charge on any atom is -0.324 e. The van der Waals surface area contributed by atoms with E-state index in [-0.39, 0.29) is 6.04 Å². The number of aromatic nitrogens is 2. The Morgan fingerprint density at radius 3 is 2.53 bits per heavy atom. The predicted molar refractivity (Wildman–Crippen MR) is 79.2 cm³/mol. The van der Waals surface area contributed by atoms with Crippen molar-refractivity contribution in [3.05, 3.63) is 52.3 Å². The molecule has 1 heterocycles. The van der Waals surface area contributed by atoms with Crippen molar-refractivity contribution in [1.29, 1.82) is 0 Å². The molecule has 0 aliphatic carbocycles. The van der Waals surface area contributed by atoms with Crippen LogP contribution >= 0.6 is 0 Å². The fraction of sp³-hybridized carbons (Fsp3) is 0.438. The highest BCUT2D eigenvalue weighted by Crippen LogP contribution is 2.23. The predicted octanol–water partition coefficient (Wildman–Crippen LogP) is 3.27. The van der Waals surface area contributed by atoms with Crippen molar-refractivity contribution in [3.8, 4) is 0 Å². The zero-order valence-corrected chi connectivity index (χ0v) is 12.3. The summed E-state index contributed by atoms with van der Waals surface area (Å²) < 4.78 is 2.07. The third-order valence-electron chi connectivity index (χ3n) is 3.83. The summed E-state index contributed by atoms with van der Waals surface area (Å²) in [6.45, 7) is 9.23. The smallest absolute Gasteiger partial charge is 0.0665 e. The Morgan fingerprint density at radius 2 is 1.89 bits per heavy atom. The Hall–Kier alpha value is -1.61. The largest absolute Gasteiger partial charge is 0.324 e. The molecule has 2 rings (SSSR count). The van der Waals surface area contributed by atoms with Crippen molar-refractivity contribution >= 4 is 0 Å². The van der Waals surface area contributed by atoms with Crippen LogP contribution in [0.1, 0.15) is 47.5 Å². The summed E-state index contributed by atoms with van der Waals surface area (Å²) in [5, 5.41) is 4.65. The van der Waals surface area contributed by atoms with E-state index in [1.165, 1.54) is 22.4 Å². The maximum absolute atomic E-state index is 6.18. The monoisotopic (exact) mass is 257 g/mol. The van der Waals surface area contributed by atoms with Crippen molar-refractivity contribution < 1.29 is 0 Å². The molecule has 3 nitrogen and oxygen atoms in total. The van der Waals surface area contributed by atoms with Gasteiger partial charge in [0.15, 0.2) is 0 Å². The Balaban J connectivity index is 2.35. The molecule has 1 atom stereocenters. The summed E-state index contributed by atoms with van der Waals surface area (Å²) in [6, 6.07) is 8.53. The molecule has 0 amide bonds. The molecule has 0 saturated heterocycles. The fourth-order valence-electron chi connectivity index (χ4n) is 2.55. The molecular weight excluding hydrogens is 234 g/mol. The van der Waals surface area contributed by atoms with E-state index in [9.17, 15) is 0 Å². The van der Waals surface area contributed by atoms with E-state index in [1.54, 1.807) is 0 Å². The first-order chi connectivity index (χ1) is 9.04. The minimum absolute atomic E-state index is 0.0885. The van der Waals surface area contributed by atoms with Gasteiger partial charge in [-0.05, 0) is 38.3 Å². The van der Waals surface area contributed by atoms with Gasteiger partial charge in [0, 0.05) is 17.3 Å². The van der Waals surface area contributed by atoms with Gasteiger partial charge in [-0.25, -0.2) is 0 Å². The molecule has 1 aromatic carbocycles. The second kappa shape index (κ2) is 5.57. The van der Waals surface area contributed by atoms with Crippen LogP contribution < -0.4 is 5.73 Å². The third-order valence-corrected chi connectivity index (χ3v) is 3.83. The van der Waals surface area contributed by atoms with E-state index in [1.807, 2.05) is 6.92 Å². The Bertz CT molecular complexity index is 569. The molecule has 0 spiro atoms. The fourth-order valence-corrected chi connectivity index (χ4v) is 2.55. The molecule has 0 bridgehead atoms. The van der Waals surface area contributed by atoms with Crippen molar-refractivity contribution in [2.45, 2.75) is 46.7 Å². The van der Waals surface area contributed by atoms with Crippen LogP contribution in [-0.2, 0) is 6.54 Å². The summed E-state index contributed by atoms with van der Waals surface area (Å²) in [4.78, 5) is 0. The number of nitrogens with zero attached hydrogens (tertiary/aromatic N) is 2. The molecule has 0 aliphatic heterocycles. The SMILES string of the molecule is CCC(N)c1c(C)nn(Cc2ccccc2C)c1C. The minimum atomic E-state index is 0.0885. The van der Waals surface area contributed by atoms with Crippen LogP contribution in [0.5, 0.6) is 0 Å². The van der Waals surface area contributed by atoms with E-state index >= 15 is 0 Å². The molecule has 1 aromatic heterocycles. The molecule has 0 radical (unpaired) electrons. The summed E-state index contributed by atoms with van der Waals surface area (Å²) in [5.74, 6) is 0. The van der Waals surface area contributed by atoms with Crippen LogP contribution in [0.3, 0.4) is 0 Å². The van der Waals surface area contributed by atoms with E-state index in [4.69, 9.17) is 5.73 Å². The zero-order valence-electron chi connectivity index (χ0n) is 12.3. The first-order valence-corrected chi connectivity index (χ1v) is 6.88. The molecule has 102 valence electrons. The first kappa shape index (κ1) is 13.8. The van der Waals surface area contributed by atoms with E-state index in [2.05, 4.69) is 54.8 Å². The average molecular weight is 257 g/mol. The summed E-state index contributed by atoms with van der Waals surface area (Å²) in [6.07, 6.45) is 0.942. The highest BCUT2D eigenvalue weighted by Gasteiger charge is 2.16. The highest BCUT2D eigenvalue weighted by molar-refractivity contribution is 5.30. The molecular formula is C16H23N3. The van der Waals surface area contributed by atoms with Gasteiger partial charge in [-0.2, -0.15) is 5.10 Å². The topological polar surface area (TPSA) is 43.8 Å². The lowest BCUT2D eigenvalue weighted by molar-refractivity contribution is 0.648. The quantitative estimate of drug-likeness (QED) is 0.913. The molecule has 0 saturated carbocycles. The van der Waals surface area contributed by atoms with Gasteiger partial charge < -0.3 is 5.73 Å². The summed E-state index contributed by atoms with van der Waals surface area (Å²) in [7, 11) is 0. The van der Waals surface area contributed by atoms with Crippen molar-refractivity contribution in [2.24, 2.45) is 5.73 Å². The van der Waals surface area contributed by atoms with Crippen LogP contribution in [0.15, 0.2) is 24.3 Å². The zero-order chi connectivity index (χ0) is 14.0. The van der Waals surface area contributed by atoms with E-state index in [0.717, 1.165) is 18.7 Å². The number of benzene rings is 1. The number of aryl methyl sites for hydroxylation is 2. The van der Waals surface area contributed by atoms with Crippen molar-refractivity contribution in [3.63, 3.8) is 0 Å². The van der Waals surface area contributed by atoms with Crippen LogP contribution in [0.2, 0.25) is 0 Å². The maximum Gasteiger partial charge on any atom is 0.0665 e. The molecule has 2 aromatic rings. The third kappa shape index (κ3) is 2.71. The van der Waals surface area contributed by atoms with Gasteiger partial charge in [-0.15, -0.1) is 0 Å². The van der Waals surface area contributed by atoms with Gasteiger partial charge in [-0.3, -0.25) is 4.68 Å². The van der Waals surface area contributed by atoms with E-state index in [0.29, 0.717) is 0 Å². The maximum atomic E-state index is 6.18. The summed E-state index contributed by atoms with van der Waals surface area (Å²) >= 11 is 0. The average Bonchev–Trinajstić information content (AvgIpc) is 2.66. The normalized spacial score (nSPS) is 12.7. The van der Waals surface area contributed by atoms with Crippen LogP contribution in [-0.4, -0.2) is 9.78 Å². The Kier molecular flexibility index (Phi) is 4.05. The number of rotatable bonds is 4. The van der Waals surface area contributed by atoms with E-state index < -0.39 is 0 Å². The second-order valence-corrected chi connectivity index (χ2v) is 5.18. The van der Waals surface area contributed by atoms with Gasteiger partial charge in [-0.1, -0.05) is 31.2 Å². The highest BCUT2D eigenvalue weighted by atomic mass is 15.3. The molecule has 0 fully saturated rings. The van der Waals surface area contributed by atoms with Gasteiger partial charge in [0.25, 0.3) is 0 Å². The first-order valence-electron chi connectivity index (χ1n) is 6.88. The lowest BCUT2D eigenvalue weighted by Gasteiger charge is -2.11. The summed E-state index contributed by atoms with van der Waals surface area (Å²) in [5.41, 5.74) is 12.2. The molecule has 19 heavy (non-hydrogen) atoms. The molecule has 2 N–H and O–H groups in total. The molecule has 0 aliphatic rings. The van der Waals surface area contributed by atoms with Crippen LogP contribution in [0.4, 0.5) is 0 Å². The lowest BCUT2D eigenvalue weighted by atomic mass is 10.0. The molecule has 1 unspecified atom stereocenters. The van der Waals surface area contributed by atoms with Gasteiger partial charge in [0.05, 0.1) is 12.2 Å². The number of nitrogens with two attached hydrogens (primary N) is 1. The van der Waals surface area contributed by atoms with Crippen LogP contribution in [0.25, 0.3) is 0 Å². The van der Waals surface area contributed by atoms with Gasteiger partial charge in [0.1, 0.15) is 0 Å². The van der Waals surface area contributed by atoms with Crippen LogP contribution in [0, 0.1) is 20.8 Å². The molecule has 3 heteroatoms. The standard InChI is InChI=1S/C16H23N3/c1-5-15(17)16-12(3)18-19(13(16)4)10-14-9-7-6-8-11(14)2/h6-9,15H,5,10,17H2,1-4H3. The number of hydrogen-bond acceptors (Lipinski definition) is 2. The Morgan fingerprint density at radius 1 is 1.21 bits per heavy atom. The van der Waals surface area contributed by atoms with Crippen molar-refractivity contribution in [1.82, 2.24) is 9.78 Å². The number of hydrogen-bond donors (Lipinski definition) is 1. The Labute approximate surface area is 115 Å².